The van der Waals surface area contributed by atoms with E-state index in [1.807, 2.05) is 21.6 Å². The van der Waals surface area contributed by atoms with Gasteiger partial charge in [0.2, 0.25) is 0 Å². The highest BCUT2D eigenvalue weighted by Gasteiger charge is 2.45. The van der Waals surface area contributed by atoms with Crippen LogP contribution in [0, 0.1) is 0 Å². The molecular weight excluding hydrogens is 344 g/mol. The molecule has 0 aliphatic carbocycles. The summed E-state index contributed by atoms with van der Waals surface area (Å²) in [6, 6.07) is 0. The molecule has 134 valence electrons. The maximum atomic E-state index is 11.9. The van der Waals surface area contributed by atoms with Gasteiger partial charge in [-0.2, -0.15) is 0 Å². The molecule has 0 radical (unpaired) electrons. The summed E-state index contributed by atoms with van der Waals surface area (Å²) in [5.41, 5.74) is 0. The van der Waals surface area contributed by atoms with Gasteiger partial charge < -0.3 is 29.9 Å². The molecule has 0 aromatic carbocycles. The van der Waals surface area contributed by atoms with Crippen LogP contribution < -0.4 is 0 Å². The topological polar surface area (TPSA) is 116 Å². The summed E-state index contributed by atoms with van der Waals surface area (Å²) in [7, 11) is 3.79. The zero-order chi connectivity index (χ0) is 16.8. The van der Waals surface area contributed by atoms with E-state index in [1.54, 1.807) is 0 Å². The van der Waals surface area contributed by atoms with Crippen LogP contribution in [0.3, 0.4) is 0 Å². The molecule has 2 aliphatic heterocycles. The predicted molar refractivity (Wildman–Crippen MR) is 86.8 cm³/mol. The number of aliphatic hydroxyl groups is 4. The number of carbonyl (C=O) groups is 1. The van der Waals surface area contributed by atoms with Crippen molar-refractivity contribution in [1.82, 2.24) is 0 Å². The lowest BCUT2D eigenvalue weighted by Gasteiger charge is -2.39. The van der Waals surface area contributed by atoms with Gasteiger partial charge in [0.1, 0.15) is 18.3 Å². The molecular formula is C14H24O7S2. The molecule has 4 N–H and O–H groups in total. The second kappa shape index (κ2) is 9.45. The molecule has 0 saturated carbocycles. The van der Waals surface area contributed by atoms with Crippen LogP contribution in [0.5, 0.6) is 0 Å². The molecule has 2 fully saturated rings. The number of hydrogen-bond donors (Lipinski definition) is 4. The molecule has 2 saturated heterocycles. The van der Waals surface area contributed by atoms with E-state index in [0.717, 1.165) is 12.8 Å². The number of carbonyl (C=O) groups excluding carboxylic acids is 1. The Balaban J connectivity index is 1.71. The van der Waals surface area contributed by atoms with Crippen LogP contribution in [0.2, 0.25) is 0 Å². The molecule has 7 nitrogen and oxygen atoms in total. The summed E-state index contributed by atoms with van der Waals surface area (Å²) in [6.07, 6.45) is -2.84. The Morgan fingerprint density at radius 2 is 2.00 bits per heavy atom. The van der Waals surface area contributed by atoms with E-state index in [4.69, 9.17) is 14.6 Å². The van der Waals surface area contributed by atoms with Crippen LogP contribution in [0.1, 0.15) is 32.1 Å². The number of esters is 1. The summed E-state index contributed by atoms with van der Waals surface area (Å²) in [5, 5.41) is 39.0. The minimum Gasteiger partial charge on any atom is -0.456 e. The van der Waals surface area contributed by atoms with E-state index in [0.29, 0.717) is 11.7 Å². The average Bonchev–Trinajstić information content (AvgIpc) is 3.05. The van der Waals surface area contributed by atoms with Crippen LogP contribution >= 0.6 is 21.6 Å². The van der Waals surface area contributed by atoms with Gasteiger partial charge in [0.05, 0.1) is 6.61 Å². The van der Waals surface area contributed by atoms with E-state index in [-0.39, 0.29) is 6.42 Å². The molecule has 0 aromatic heterocycles. The summed E-state index contributed by atoms with van der Waals surface area (Å²) in [4.78, 5) is 11.9. The fraction of sp³-hybridized carbons (Fsp3) is 0.929. The monoisotopic (exact) mass is 368 g/mol. The zero-order valence-corrected chi connectivity index (χ0v) is 14.4. The summed E-state index contributed by atoms with van der Waals surface area (Å²) < 4.78 is 9.93. The van der Waals surface area contributed by atoms with Gasteiger partial charge in [0.25, 0.3) is 0 Å². The standard InChI is InChI=1S/C14H24O7S2/c15-7-9-11(17)13(12(18)14(19)20-9)21-10(16)4-2-1-3-8-5-6-22-23-8/h8-9,11-15,17-19H,1-7H2/t8-,9-,11-,12-,13+,14?/m1/s1. The first-order chi connectivity index (χ1) is 11.0. The number of ether oxygens (including phenoxy) is 2. The average molecular weight is 368 g/mol. The van der Waals surface area contributed by atoms with Crippen molar-refractivity contribution in [3.8, 4) is 0 Å². The second-order valence-corrected chi connectivity index (χ2v) is 8.55. The normalized spacial score (nSPS) is 37.7. The Morgan fingerprint density at radius 3 is 2.65 bits per heavy atom. The van der Waals surface area contributed by atoms with Crippen LogP contribution in [0.4, 0.5) is 0 Å². The van der Waals surface area contributed by atoms with Crippen LogP contribution in [-0.2, 0) is 14.3 Å². The lowest BCUT2D eigenvalue weighted by molar-refractivity contribution is -0.289. The molecule has 2 heterocycles. The van der Waals surface area contributed by atoms with E-state index >= 15 is 0 Å². The third kappa shape index (κ3) is 5.48. The van der Waals surface area contributed by atoms with Crippen molar-refractivity contribution in [2.75, 3.05) is 12.4 Å². The molecule has 0 spiro atoms. The Labute approximate surface area is 143 Å². The number of aliphatic hydroxyl groups excluding tert-OH is 4. The van der Waals surface area contributed by atoms with Gasteiger partial charge in [-0.05, 0) is 19.3 Å². The van der Waals surface area contributed by atoms with Crippen molar-refractivity contribution in [1.29, 1.82) is 0 Å². The Bertz CT molecular complexity index is 378. The molecule has 1 unspecified atom stereocenters. The lowest BCUT2D eigenvalue weighted by Crippen LogP contribution is -2.59. The third-order valence-electron chi connectivity index (χ3n) is 3.99. The maximum absolute atomic E-state index is 11.9. The first-order valence-electron chi connectivity index (χ1n) is 7.81. The van der Waals surface area contributed by atoms with Crippen LogP contribution in [0.15, 0.2) is 0 Å². The summed E-state index contributed by atoms with van der Waals surface area (Å²) in [6.45, 7) is -0.546. The Hall–Kier alpha value is -0.0300. The smallest absolute Gasteiger partial charge is 0.306 e. The second-order valence-electron chi connectivity index (χ2n) is 5.76. The molecule has 2 aliphatic rings. The largest absolute Gasteiger partial charge is 0.456 e. The number of rotatable bonds is 7. The van der Waals surface area contributed by atoms with E-state index in [9.17, 15) is 20.1 Å². The van der Waals surface area contributed by atoms with Crippen molar-refractivity contribution >= 4 is 27.6 Å². The highest BCUT2D eigenvalue weighted by Crippen LogP contribution is 2.39. The van der Waals surface area contributed by atoms with Crippen molar-refractivity contribution < 1.29 is 34.7 Å². The SMILES string of the molecule is O=C(CCCC[C@@H]1CCSS1)O[C@H]1[C@H](O)[C@@H](CO)OC(O)[C@@H]1O. The Morgan fingerprint density at radius 1 is 1.22 bits per heavy atom. The fourth-order valence-corrected chi connectivity index (χ4v) is 5.65. The van der Waals surface area contributed by atoms with Crippen molar-refractivity contribution in [2.24, 2.45) is 0 Å². The highest BCUT2D eigenvalue weighted by atomic mass is 33.1. The minimum atomic E-state index is -1.61. The summed E-state index contributed by atoms with van der Waals surface area (Å²) >= 11 is 0. The minimum absolute atomic E-state index is 0.196. The van der Waals surface area contributed by atoms with Crippen molar-refractivity contribution in [3.05, 3.63) is 0 Å². The number of hydrogen-bond acceptors (Lipinski definition) is 9. The van der Waals surface area contributed by atoms with Gasteiger partial charge in [0, 0.05) is 17.4 Å². The quantitative estimate of drug-likeness (QED) is 0.281. The molecule has 6 atom stereocenters. The van der Waals surface area contributed by atoms with Gasteiger partial charge in [0.15, 0.2) is 12.4 Å². The lowest BCUT2D eigenvalue weighted by atomic mass is 9.99. The van der Waals surface area contributed by atoms with Crippen LogP contribution in [-0.4, -0.2) is 74.7 Å². The van der Waals surface area contributed by atoms with Gasteiger partial charge >= 0.3 is 5.97 Å². The Kier molecular flexibility index (Phi) is 7.93. The van der Waals surface area contributed by atoms with Gasteiger partial charge in [-0.25, -0.2) is 0 Å². The molecule has 0 aromatic rings. The first-order valence-corrected chi connectivity index (χ1v) is 10.2. The fourth-order valence-electron chi connectivity index (χ4n) is 2.62. The zero-order valence-electron chi connectivity index (χ0n) is 12.7. The predicted octanol–water partition coefficient (Wildman–Crippen LogP) is 0.0436. The van der Waals surface area contributed by atoms with E-state index in [2.05, 4.69) is 0 Å². The highest BCUT2D eigenvalue weighted by molar-refractivity contribution is 8.77. The maximum Gasteiger partial charge on any atom is 0.306 e. The summed E-state index contributed by atoms with van der Waals surface area (Å²) in [5.74, 6) is 0.651. The molecule has 0 amide bonds. The molecule has 0 bridgehead atoms. The van der Waals surface area contributed by atoms with E-state index in [1.165, 1.54) is 12.2 Å². The molecule has 2 rings (SSSR count). The third-order valence-corrected chi connectivity index (χ3v) is 7.00. The van der Waals surface area contributed by atoms with E-state index < -0.39 is 43.3 Å². The van der Waals surface area contributed by atoms with Crippen molar-refractivity contribution in [3.63, 3.8) is 0 Å². The first kappa shape index (κ1) is 19.3. The molecule has 23 heavy (non-hydrogen) atoms. The van der Waals surface area contributed by atoms with Gasteiger partial charge in [-0.3, -0.25) is 4.79 Å². The van der Waals surface area contributed by atoms with Crippen LogP contribution in [0.25, 0.3) is 0 Å². The van der Waals surface area contributed by atoms with Gasteiger partial charge in [-0.1, -0.05) is 28.0 Å². The number of unbranched alkanes of at least 4 members (excludes halogenated alkanes) is 1. The molecule has 9 heteroatoms. The van der Waals surface area contributed by atoms with Gasteiger partial charge in [-0.15, -0.1) is 0 Å². The van der Waals surface area contributed by atoms with Crippen molar-refractivity contribution in [2.45, 2.75) is 68.1 Å².